The molecule has 1 aromatic heterocycles. The normalized spacial score (nSPS) is 12.6. The summed E-state index contributed by atoms with van der Waals surface area (Å²) >= 11 is 0. The third-order valence-electron chi connectivity index (χ3n) is 2.52. The molecule has 3 N–H and O–H groups in total. The van der Waals surface area contributed by atoms with E-state index in [0.29, 0.717) is 17.9 Å². The van der Waals surface area contributed by atoms with Gasteiger partial charge in [-0.3, -0.25) is 4.79 Å². The number of carbonyl (C=O) groups excluding carboxylic acids is 1. The van der Waals surface area contributed by atoms with E-state index in [1.807, 2.05) is 20.8 Å². The molecule has 4 nitrogen and oxygen atoms in total. The molecule has 0 aliphatic rings. The van der Waals surface area contributed by atoms with Crippen LogP contribution in [0.2, 0.25) is 0 Å². The Morgan fingerprint density at radius 3 is 2.40 bits per heavy atom. The summed E-state index contributed by atoms with van der Waals surface area (Å²) in [6.45, 7) is 7.83. The molecule has 1 rings (SSSR count). The SMILES string of the molecule is Cc1oc(C)c(C(=O)N[C@H](C)CN)c1C. The van der Waals surface area contributed by atoms with Crippen LogP contribution in [0.15, 0.2) is 4.42 Å². The molecule has 0 unspecified atom stereocenters. The van der Waals surface area contributed by atoms with E-state index in [4.69, 9.17) is 10.2 Å². The predicted octanol–water partition coefficient (Wildman–Crippen LogP) is 1.28. The molecule has 0 fully saturated rings. The number of amides is 1. The van der Waals surface area contributed by atoms with E-state index in [1.54, 1.807) is 6.92 Å². The van der Waals surface area contributed by atoms with E-state index in [9.17, 15) is 4.79 Å². The molecule has 0 aromatic carbocycles. The van der Waals surface area contributed by atoms with Crippen LogP contribution >= 0.6 is 0 Å². The van der Waals surface area contributed by atoms with Crippen molar-refractivity contribution in [3.63, 3.8) is 0 Å². The predicted molar refractivity (Wildman–Crippen MR) is 58.9 cm³/mol. The highest BCUT2D eigenvalue weighted by molar-refractivity contribution is 5.97. The van der Waals surface area contributed by atoms with Crippen LogP contribution < -0.4 is 11.1 Å². The van der Waals surface area contributed by atoms with Crippen LogP contribution in [-0.4, -0.2) is 18.5 Å². The molecule has 0 aliphatic carbocycles. The molecule has 0 spiro atoms. The van der Waals surface area contributed by atoms with Crippen molar-refractivity contribution < 1.29 is 9.21 Å². The average molecular weight is 210 g/mol. The number of aryl methyl sites for hydroxylation is 2. The Bertz CT molecular complexity index is 369. The lowest BCUT2D eigenvalue weighted by Gasteiger charge is -2.11. The van der Waals surface area contributed by atoms with Gasteiger partial charge in [0.25, 0.3) is 5.91 Å². The molecule has 0 radical (unpaired) electrons. The summed E-state index contributed by atoms with van der Waals surface area (Å²) < 4.78 is 5.39. The van der Waals surface area contributed by atoms with Crippen molar-refractivity contribution >= 4 is 5.91 Å². The minimum absolute atomic E-state index is 0.0218. The molecule has 1 aromatic rings. The second-order valence-corrected chi connectivity index (χ2v) is 3.82. The second-order valence-electron chi connectivity index (χ2n) is 3.82. The Labute approximate surface area is 89.8 Å². The first-order valence-corrected chi connectivity index (χ1v) is 5.04. The van der Waals surface area contributed by atoms with E-state index in [1.165, 1.54) is 0 Å². The summed E-state index contributed by atoms with van der Waals surface area (Å²) in [7, 11) is 0. The molecular formula is C11H18N2O2. The summed E-state index contributed by atoms with van der Waals surface area (Å²) in [5.41, 5.74) is 6.97. The lowest BCUT2D eigenvalue weighted by Crippen LogP contribution is -2.38. The topological polar surface area (TPSA) is 68.3 Å². The molecule has 1 atom stereocenters. The Morgan fingerprint density at radius 2 is 2.00 bits per heavy atom. The van der Waals surface area contributed by atoms with Crippen molar-refractivity contribution in [2.24, 2.45) is 5.73 Å². The molecule has 0 saturated heterocycles. The number of hydrogen-bond donors (Lipinski definition) is 2. The zero-order valence-electron chi connectivity index (χ0n) is 9.68. The van der Waals surface area contributed by atoms with Crippen molar-refractivity contribution in [3.05, 3.63) is 22.6 Å². The van der Waals surface area contributed by atoms with E-state index < -0.39 is 0 Å². The minimum atomic E-state index is -0.111. The second kappa shape index (κ2) is 4.49. The van der Waals surface area contributed by atoms with Gasteiger partial charge in [-0.05, 0) is 27.7 Å². The van der Waals surface area contributed by atoms with Gasteiger partial charge in [0.05, 0.1) is 5.56 Å². The first kappa shape index (κ1) is 11.8. The quantitative estimate of drug-likeness (QED) is 0.789. The maximum Gasteiger partial charge on any atom is 0.255 e. The highest BCUT2D eigenvalue weighted by atomic mass is 16.3. The molecule has 0 bridgehead atoms. The Kier molecular flexibility index (Phi) is 3.52. The third-order valence-corrected chi connectivity index (χ3v) is 2.52. The van der Waals surface area contributed by atoms with Crippen LogP contribution in [0, 0.1) is 20.8 Å². The first-order chi connectivity index (χ1) is 6.97. The van der Waals surface area contributed by atoms with Crippen LogP contribution in [0.3, 0.4) is 0 Å². The molecule has 4 heteroatoms. The van der Waals surface area contributed by atoms with E-state index in [0.717, 1.165) is 11.3 Å². The summed E-state index contributed by atoms with van der Waals surface area (Å²) in [4.78, 5) is 11.8. The van der Waals surface area contributed by atoms with Gasteiger partial charge >= 0.3 is 0 Å². The fourth-order valence-corrected chi connectivity index (χ4v) is 1.48. The number of furan rings is 1. The Morgan fingerprint density at radius 1 is 1.40 bits per heavy atom. The maximum absolute atomic E-state index is 11.8. The smallest absolute Gasteiger partial charge is 0.255 e. The largest absolute Gasteiger partial charge is 0.466 e. The maximum atomic E-state index is 11.8. The van der Waals surface area contributed by atoms with Crippen molar-refractivity contribution in [3.8, 4) is 0 Å². The number of nitrogens with two attached hydrogens (primary N) is 1. The Hall–Kier alpha value is -1.29. The zero-order chi connectivity index (χ0) is 11.6. The molecule has 1 heterocycles. The van der Waals surface area contributed by atoms with Gasteiger partial charge in [-0.2, -0.15) is 0 Å². The minimum Gasteiger partial charge on any atom is -0.466 e. The van der Waals surface area contributed by atoms with Gasteiger partial charge in [-0.25, -0.2) is 0 Å². The third kappa shape index (κ3) is 2.39. The highest BCUT2D eigenvalue weighted by Gasteiger charge is 2.19. The summed E-state index contributed by atoms with van der Waals surface area (Å²) in [5.74, 6) is 1.34. The molecule has 0 aliphatic heterocycles. The summed E-state index contributed by atoms with van der Waals surface area (Å²) in [6, 6.07) is -0.0218. The monoisotopic (exact) mass is 210 g/mol. The lowest BCUT2D eigenvalue weighted by molar-refractivity contribution is 0.0939. The summed E-state index contributed by atoms with van der Waals surface area (Å²) in [6.07, 6.45) is 0. The van der Waals surface area contributed by atoms with Crippen molar-refractivity contribution in [1.29, 1.82) is 0 Å². The van der Waals surface area contributed by atoms with Crippen LogP contribution in [0.25, 0.3) is 0 Å². The molecule has 84 valence electrons. The fourth-order valence-electron chi connectivity index (χ4n) is 1.48. The van der Waals surface area contributed by atoms with Crippen LogP contribution in [0.4, 0.5) is 0 Å². The standard InChI is InChI=1S/C11H18N2O2/c1-6(5-12)13-11(14)10-7(2)8(3)15-9(10)4/h6H,5,12H2,1-4H3,(H,13,14)/t6-/m1/s1. The van der Waals surface area contributed by atoms with Gasteiger partial charge in [0.15, 0.2) is 0 Å². The number of rotatable bonds is 3. The molecule has 15 heavy (non-hydrogen) atoms. The van der Waals surface area contributed by atoms with Gasteiger partial charge in [0.1, 0.15) is 11.5 Å². The van der Waals surface area contributed by atoms with Gasteiger partial charge in [0, 0.05) is 18.2 Å². The zero-order valence-corrected chi connectivity index (χ0v) is 9.68. The average Bonchev–Trinajstić information content (AvgIpc) is 2.41. The molecule has 0 saturated carbocycles. The van der Waals surface area contributed by atoms with Gasteiger partial charge in [-0.1, -0.05) is 0 Å². The van der Waals surface area contributed by atoms with Crippen molar-refractivity contribution in [2.75, 3.05) is 6.54 Å². The molecule has 1 amide bonds. The van der Waals surface area contributed by atoms with E-state index in [-0.39, 0.29) is 11.9 Å². The van der Waals surface area contributed by atoms with Crippen molar-refractivity contribution in [2.45, 2.75) is 33.7 Å². The van der Waals surface area contributed by atoms with Crippen LogP contribution in [0.1, 0.15) is 34.4 Å². The van der Waals surface area contributed by atoms with Crippen LogP contribution in [-0.2, 0) is 0 Å². The van der Waals surface area contributed by atoms with E-state index in [2.05, 4.69) is 5.32 Å². The number of carbonyl (C=O) groups is 1. The van der Waals surface area contributed by atoms with Crippen LogP contribution in [0.5, 0.6) is 0 Å². The Balaban J connectivity index is 2.91. The lowest BCUT2D eigenvalue weighted by atomic mass is 10.1. The van der Waals surface area contributed by atoms with Gasteiger partial charge in [-0.15, -0.1) is 0 Å². The highest BCUT2D eigenvalue weighted by Crippen LogP contribution is 2.20. The molecular weight excluding hydrogens is 192 g/mol. The first-order valence-electron chi connectivity index (χ1n) is 5.04. The summed E-state index contributed by atoms with van der Waals surface area (Å²) in [5, 5.41) is 2.82. The van der Waals surface area contributed by atoms with Gasteiger partial charge < -0.3 is 15.5 Å². The number of hydrogen-bond acceptors (Lipinski definition) is 3. The van der Waals surface area contributed by atoms with Gasteiger partial charge in [0.2, 0.25) is 0 Å². The van der Waals surface area contributed by atoms with Crippen molar-refractivity contribution in [1.82, 2.24) is 5.32 Å². The fraction of sp³-hybridized carbons (Fsp3) is 0.545. The number of nitrogens with one attached hydrogen (secondary N) is 1. The van der Waals surface area contributed by atoms with E-state index >= 15 is 0 Å².